The molecule has 4 rings (SSSR count). The molecular formula is C24H18F2N2O2. The Morgan fingerprint density at radius 2 is 1.57 bits per heavy atom. The summed E-state index contributed by atoms with van der Waals surface area (Å²) in [4.78, 5) is 12.0. The fourth-order valence-corrected chi connectivity index (χ4v) is 3.61. The number of carbonyl (C=O) groups excluding carboxylic acids is 1. The van der Waals surface area contributed by atoms with Gasteiger partial charge in [0.05, 0.1) is 12.1 Å². The number of amides is 1. The van der Waals surface area contributed by atoms with Gasteiger partial charge in [0.2, 0.25) is 0 Å². The third kappa shape index (κ3) is 3.83. The Labute approximate surface area is 172 Å². The van der Waals surface area contributed by atoms with E-state index in [-0.39, 0.29) is 24.8 Å². The molecule has 3 N–H and O–H groups in total. The number of ether oxygens (including phenoxy) is 1. The number of rotatable bonds is 3. The van der Waals surface area contributed by atoms with Gasteiger partial charge in [-0.05, 0) is 34.4 Å². The Hall–Kier alpha value is -3.85. The van der Waals surface area contributed by atoms with Crippen LogP contribution in [0.2, 0.25) is 0 Å². The predicted molar refractivity (Wildman–Crippen MR) is 111 cm³/mol. The van der Waals surface area contributed by atoms with Crippen molar-refractivity contribution in [2.24, 2.45) is 0 Å². The number of hydrogen-bond donors (Lipinski definition) is 2. The van der Waals surface area contributed by atoms with Crippen LogP contribution >= 0.6 is 0 Å². The molecule has 30 heavy (non-hydrogen) atoms. The minimum Gasteiger partial charge on any atom is -0.449 e. The Kier molecular flexibility index (Phi) is 5.36. The number of nitrogens with one attached hydrogen (secondary N) is 1. The van der Waals surface area contributed by atoms with Crippen molar-refractivity contribution < 1.29 is 18.3 Å². The second-order valence-electron chi connectivity index (χ2n) is 6.84. The molecule has 0 saturated heterocycles. The number of fused-ring (bicyclic) bond motifs is 3. The molecule has 0 atom stereocenters. The molecule has 1 aliphatic carbocycles. The lowest BCUT2D eigenvalue weighted by molar-refractivity contribution is 0.144. The normalized spacial score (nSPS) is 11.8. The van der Waals surface area contributed by atoms with Crippen molar-refractivity contribution in [1.29, 1.82) is 0 Å². The third-order valence-electron chi connectivity index (χ3n) is 4.94. The summed E-state index contributed by atoms with van der Waals surface area (Å²) in [7, 11) is 0. The lowest BCUT2D eigenvalue weighted by Crippen LogP contribution is -2.26. The maximum absolute atomic E-state index is 13.7. The topological polar surface area (TPSA) is 64.3 Å². The average Bonchev–Trinajstić information content (AvgIpc) is 3.05. The minimum absolute atomic E-state index is 0.0210. The van der Waals surface area contributed by atoms with E-state index in [9.17, 15) is 13.6 Å². The van der Waals surface area contributed by atoms with Crippen molar-refractivity contribution in [2.75, 3.05) is 18.9 Å². The molecule has 4 nitrogen and oxygen atoms in total. The van der Waals surface area contributed by atoms with Gasteiger partial charge in [-0.1, -0.05) is 60.4 Å². The van der Waals surface area contributed by atoms with Crippen molar-refractivity contribution in [1.82, 2.24) is 5.32 Å². The molecule has 0 radical (unpaired) electrons. The molecule has 0 saturated carbocycles. The zero-order valence-electron chi connectivity index (χ0n) is 15.9. The molecule has 0 bridgehead atoms. The summed E-state index contributed by atoms with van der Waals surface area (Å²) >= 11 is 0. The van der Waals surface area contributed by atoms with E-state index in [4.69, 9.17) is 10.5 Å². The second kappa shape index (κ2) is 8.26. The molecule has 1 amide bonds. The quantitative estimate of drug-likeness (QED) is 0.501. The lowest BCUT2D eigenvalue weighted by Gasteiger charge is -2.14. The fraction of sp³-hybridized carbons (Fsp3) is 0.125. The van der Waals surface area contributed by atoms with Gasteiger partial charge >= 0.3 is 6.09 Å². The van der Waals surface area contributed by atoms with Crippen LogP contribution in [0.5, 0.6) is 0 Å². The smallest absolute Gasteiger partial charge is 0.407 e. The van der Waals surface area contributed by atoms with E-state index in [2.05, 4.69) is 29.3 Å². The van der Waals surface area contributed by atoms with Crippen LogP contribution < -0.4 is 11.1 Å². The van der Waals surface area contributed by atoms with Crippen molar-refractivity contribution in [3.05, 3.63) is 89.0 Å². The molecule has 3 aromatic rings. The van der Waals surface area contributed by atoms with Crippen molar-refractivity contribution >= 4 is 11.8 Å². The SMILES string of the molecule is Nc1cc(F)c(C#CCNC(=O)OCC2c3ccccc3-c3ccccc32)c(F)c1. The Balaban J connectivity index is 1.37. The molecule has 0 aliphatic heterocycles. The summed E-state index contributed by atoms with van der Waals surface area (Å²) in [6, 6.07) is 18.0. The van der Waals surface area contributed by atoms with E-state index in [0.29, 0.717) is 0 Å². The largest absolute Gasteiger partial charge is 0.449 e. The number of anilines is 1. The highest BCUT2D eigenvalue weighted by molar-refractivity contribution is 5.79. The molecule has 3 aromatic carbocycles. The molecule has 150 valence electrons. The summed E-state index contributed by atoms with van der Waals surface area (Å²) in [5.74, 6) is 3.13. The van der Waals surface area contributed by atoms with E-state index >= 15 is 0 Å². The van der Waals surface area contributed by atoms with Crippen LogP contribution in [0.3, 0.4) is 0 Å². The van der Waals surface area contributed by atoms with Crippen molar-refractivity contribution in [3.8, 4) is 23.0 Å². The van der Waals surface area contributed by atoms with Crippen molar-refractivity contribution in [3.63, 3.8) is 0 Å². The number of carbonyl (C=O) groups is 1. The molecule has 0 fully saturated rings. The van der Waals surface area contributed by atoms with Gasteiger partial charge in [0.25, 0.3) is 0 Å². The molecule has 0 unspecified atom stereocenters. The number of hydrogen-bond acceptors (Lipinski definition) is 3. The first-order chi connectivity index (χ1) is 14.5. The Morgan fingerprint density at radius 1 is 1.00 bits per heavy atom. The number of halogens is 2. The molecule has 1 aliphatic rings. The third-order valence-corrected chi connectivity index (χ3v) is 4.94. The van der Waals surface area contributed by atoms with Gasteiger partial charge in [-0.15, -0.1) is 0 Å². The van der Waals surface area contributed by atoms with E-state index in [1.54, 1.807) is 0 Å². The first-order valence-corrected chi connectivity index (χ1v) is 9.37. The number of nitrogens with two attached hydrogens (primary N) is 1. The van der Waals surface area contributed by atoms with Gasteiger partial charge in [0.1, 0.15) is 18.2 Å². The van der Waals surface area contributed by atoms with E-state index in [1.807, 2.05) is 36.4 Å². The van der Waals surface area contributed by atoms with Gasteiger partial charge < -0.3 is 15.8 Å². The highest BCUT2D eigenvalue weighted by atomic mass is 19.1. The lowest BCUT2D eigenvalue weighted by atomic mass is 9.98. The van der Waals surface area contributed by atoms with Crippen LogP contribution in [0, 0.1) is 23.5 Å². The molecular weight excluding hydrogens is 386 g/mol. The van der Waals surface area contributed by atoms with Gasteiger partial charge in [-0.3, -0.25) is 0 Å². The number of alkyl carbamates (subject to hydrolysis) is 1. The van der Waals surface area contributed by atoms with Gasteiger partial charge in [-0.25, -0.2) is 13.6 Å². The molecule has 0 spiro atoms. The minimum atomic E-state index is -0.846. The van der Waals surface area contributed by atoms with Crippen LogP contribution in [-0.4, -0.2) is 19.2 Å². The second-order valence-corrected chi connectivity index (χ2v) is 6.84. The zero-order chi connectivity index (χ0) is 21.1. The summed E-state index contributed by atoms with van der Waals surface area (Å²) < 4.78 is 32.8. The summed E-state index contributed by atoms with van der Waals surface area (Å²) in [6.45, 7) is 0.0639. The summed E-state index contributed by atoms with van der Waals surface area (Å²) in [5.41, 5.74) is 9.46. The fourth-order valence-electron chi connectivity index (χ4n) is 3.61. The van der Waals surface area contributed by atoms with Gasteiger partial charge in [0, 0.05) is 11.6 Å². The first-order valence-electron chi connectivity index (χ1n) is 9.37. The monoisotopic (exact) mass is 404 g/mol. The molecule has 0 heterocycles. The molecule has 0 aromatic heterocycles. The zero-order valence-corrected chi connectivity index (χ0v) is 15.9. The van der Waals surface area contributed by atoms with Gasteiger partial charge in [-0.2, -0.15) is 0 Å². The molecule has 6 heteroatoms. The Morgan fingerprint density at radius 3 is 2.17 bits per heavy atom. The van der Waals surface area contributed by atoms with Crippen LogP contribution in [0.25, 0.3) is 11.1 Å². The number of benzene rings is 3. The maximum Gasteiger partial charge on any atom is 0.407 e. The van der Waals surface area contributed by atoms with Crippen molar-refractivity contribution in [2.45, 2.75) is 5.92 Å². The summed E-state index contributed by atoms with van der Waals surface area (Å²) in [6.07, 6.45) is -0.649. The highest BCUT2D eigenvalue weighted by Gasteiger charge is 2.28. The predicted octanol–water partition coefficient (Wildman–Crippen LogP) is 4.44. The average molecular weight is 404 g/mol. The number of nitrogen functional groups attached to an aromatic ring is 1. The Bertz CT molecular complexity index is 1110. The standard InChI is InChI=1S/C24H18F2N2O2/c25-22-12-15(27)13-23(26)20(22)10-5-11-28-24(29)30-14-21-18-8-3-1-6-16(18)17-7-2-4-9-19(17)21/h1-4,6-9,12-13,21H,11,14,27H2,(H,28,29). The van der Waals surface area contributed by atoms with Crippen LogP contribution in [0.1, 0.15) is 22.6 Å². The van der Waals surface area contributed by atoms with Crippen LogP contribution in [-0.2, 0) is 4.74 Å². The maximum atomic E-state index is 13.7. The van der Waals surface area contributed by atoms with E-state index in [0.717, 1.165) is 34.4 Å². The first kappa shape index (κ1) is 19.5. The van der Waals surface area contributed by atoms with E-state index in [1.165, 1.54) is 0 Å². The van der Waals surface area contributed by atoms with E-state index < -0.39 is 23.3 Å². The van der Waals surface area contributed by atoms with Crippen LogP contribution in [0.4, 0.5) is 19.3 Å². The highest BCUT2D eigenvalue weighted by Crippen LogP contribution is 2.44. The summed E-state index contributed by atoms with van der Waals surface area (Å²) in [5, 5.41) is 2.47. The van der Waals surface area contributed by atoms with Crippen LogP contribution in [0.15, 0.2) is 60.7 Å². The van der Waals surface area contributed by atoms with Gasteiger partial charge in [0.15, 0.2) is 0 Å².